The number of aromatic nitrogens is 4. The highest BCUT2D eigenvalue weighted by atomic mass is 16.5. The predicted molar refractivity (Wildman–Crippen MR) is 64.1 cm³/mol. The zero-order valence-electron chi connectivity index (χ0n) is 10.3. The van der Waals surface area contributed by atoms with E-state index >= 15 is 0 Å². The van der Waals surface area contributed by atoms with Gasteiger partial charge < -0.3 is 14.6 Å². The smallest absolute Gasteiger partial charge is 0.310 e. The molecule has 0 aromatic carbocycles. The van der Waals surface area contributed by atoms with Crippen molar-refractivity contribution in [2.75, 3.05) is 0 Å². The fourth-order valence-corrected chi connectivity index (χ4v) is 2.62. The molecule has 7 heteroatoms. The number of aromatic amines is 1. The first-order chi connectivity index (χ1) is 9.20. The number of nitrogens with one attached hydrogen (secondary N) is 1. The third-order valence-electron chi connectivity index (χ3n) is 3.68. The Morgan fingerprint density at radius 3 is 2.89 bits per heavy atom. The van der Waals surface area contributed by atoms with Gasteiger partial charge in [0.25, 0.3) is 0 Å². The van der Waals surface area contributed by atoms with Crippen LogP contribution in [0, 0.1) is 5.41 Å². The van der Waals surface area contributed by atoms with Crippen LogP contribution in [0.25, 0.3) is 11.6 Å². The number of carbonyl (C=O) groups is 1. The van der Waals surface area contributed by atoms with Gasteiger partial charge in [-0.05, 0) is 12.8 Å². The van der Waals surface area contributed by atoms with Gasteiger partial charge in [0.15, 0.2) is 5.82 Å². The van der Waals surface area contributed by atoms with Gasteiger partial charge in [0, 0.05) is 18.8 Å². The molecule has 0 radical (unpaired) electrons. The molecular formula is C12H14N4O3. The summed E-state index contributed by atoms with van der Waals surface area (Å²) in [5.41, 5.74) is -0.743. The second-order valence-electron chi connectivity index (χ2n) is 4.92. The molecule has 19 heavy (non-hydrogen) atoms. The molecule has 1 fully saturated rings. The molecule has 2 N–H and O–H groups in total. The number of H-pyrrole nitrogens is 1. The molecule has 0 saturated heterocycles. The molecule has 0 atom stereocenters. The number of nitrogens with zero attached hydrogens (tertiary/aromatic N) is 3. The van der Waals surface area contributed by atoms with E-state index in [1.54, 1.807) is 12.4 Å². The van der Waals surface area contributed by atoms with E-state index < -0.39 is 11.4 Å². The quantitative estimate of drug-likeness (QED) is 0.867. The molecule has 0 bridgehead atoms. The van der Waals surface area contributed by atoms with Gasteiger partial charge in [-0.3, -0.25) is 4.79 Å². The van der Waals surface area contributed by atoms with E-state index in [1.165, 1.54) is 0 Å². The molecule has 1 aliphatic carbocycles. The summed E-state index contributed by atoms with van der Waals surface area (Å²) < 4.78 is 5.14. The number of carboxylic acids is 1. The minimum Gasteiger partial charge on any atom is -0.481 e. The molecule has 0 unspecified atom stereocenters. The molecule has 100 valence electrons. The van der Waals surface area contributed by atoms with E-state index in [1.807, 2.05) is 0 Å². The van der Waals surface area contributed by atoms with Gasteiger partial charge in [0.1, 0.15) is 0 Å². The predicted octanol–water partition coefficient (Wildman–Crippen LogP) is 1.65. The number of carboxylic acid groups (broad SMARTS) is 1. The van der Waals surface area contributed by atoms with E-state index in [0.717, 1.165) is 12.8 Å². The van der Waals surface area contributed by atoms with E-state index in [0.29, 0.717) is 30.4 Å². The van der Waals surface area contributed by atoms with Gasteiger partial charge >= 0.3 is 5.97 Å². The minimum absolute atomic E-state index is 0.288. The molecule has 2 aromatic heterocycles. The lowest BCUT2D eigenvalue weighted by atomic mass is 9.83. The van der Waals surface area contributed by atoms with Crippen molar-refractivity contribution < 1.29 is 14.4 Å². The highest BCUT2D eigenvalue weighted by Crippen LogP contribution is 2.41. The Hall–Kier alpha value is -2.18. The number of imidazole rings is 1. The zero-order valence-corrected chi connectivity index (χ0v) is 10.3. The maximum atomic E-state index is 11.5. The Kier molecular flexibility index (Phi) is 2.81. The normalized spacial score (nSPS) is 17.7. The van der Waals surface area contributed by atoms with Crippen molar-refractivity contribution in [1.82, 2.24) is 20.1 Å². The summed E-state index contributed by atoms with van der Waals surface area (Å²) in [6, 6.07) is 0. The fraction of sp³-hybridized carbons (Fsp3) is 0.500. The van der Waals surface area contributed by atoms with Crippen LogP contribution in [-0.4, -0.2) is 31.2 Å². The van der Waals surface area contributed by atoms with Crippen LogP contribution in [0.2, 0.25) is 0 Å². The molecule has 1 aliphatic rings. The van der Waals surface area contributed by atoms with Crippen molar-refractivity contribution in [3.8, 4) is 11.6 Å². The SMILES string of the molecule is O=C(O)C1(Cc2nc(-c3ncc[nH]3)no2)CCCC1. The Bertz CT molecular complexity index is 570. The molecule has 3 rings (SSSR count). The first kappa shape index (κ1) is 11.9. The third kappa shape index (κ3) is 2.11. The Labute approximate surface area is 109 Å². The van der Waals surface area contributed by atoms with Crippen LogP contribution in [0.4, 0.5) is 0 Å². The van der Waals surface area contributed by atoms with Crippen molar-refractivity contribution in [1.29, 1.82) is 0 Å². The Balaban J connectivity index is 1.82. The summed E-state index contributed by atoms with van der Waals surface area (Å²) in [4.78, 5) is 22.6. The van der Waals surface area contributed by atoms with Gasteiger partial charge in [0.2, 0.25) is 11.7 Å². The van der Waals surface area contributed by atoms with Crippen LogP contribution in [0.1, 0.15) is 31.6 Å². The summed E-state index contributed by atoms with van der Waals surface area (Å²) in [6.45, 7) is 0. The number of hydrogen-bond acceptors (Lipinski definition) is 5. The molecule has 2 aromatic rings. The zero-order chi connectivity index (χ0) is 13.3. The lowest BCUT2D eigenvalue weighted by Gasteiger charge is -2.20. The van der Waals surface area contributed by atoms with E-state index in [9.17, 15) is 9.90 Å². The van der Waals surface area contributed by atoms with Crippen LogP contribution in [0.3, 0.4) is 0 Å². The van der Waals surface area contributed by atoms with Gasteiger partial charge in [-0.2, -0.15) is 4.98 Å². The maximum absolute atomic E-state index is 11.5. The van der Waals surface area contributed by atoms with Gasteiger partial charge in [-0.25, -0.2) is 4.98 Å². The van der Waals surface area contributed by atoms with Crippen LogP contribution in [0.15, 0.2) is 16.9 Å². The van der Waals surface area contributed by atoms with Crippen molar-refractivity contribution in [2.45, 2.75) is 32.1 Å². The van der Waals surface area contributed by atoms with Crippen molar-refractivity contribution in [2.24, 2.45) is 5.41 Å². The fourth-order valence-electron chi connectivity index (χ4n) is 2.62. The minimum atomic E-state index is -0.775. The topological polar surface area (TPSA) is 105 Å². The molecule has 0 amide bonds. The second-order valence-corrected chi connectivity index (χ2v) is 4.92. The average Bonchev–Trinajstić information content (AvgIpc) is 3.10. The van der Waals surface area contributed by atoms with Crippen molar-refractivity contribution in [3.63, 3.8) is 0 Å². The van der Waals surface area contributed by atoms with Gasteiger partial charge in [-0.1, -0.05) is 18.0 Å². The first-order valence-electron chi connectivity index (χ1n) is 6.25. The highest BCUT2D eigenvalue weighted by molar-refractivity contribution is 5.75. The van der Waals surface area contributed by atoms with E-state index in [2.05, 4.69) is 20.1 Å². The molecule has 0 spiro atoms. The van der Waals surface area contributed by atoms with Crippen LogP contribution >= 0.6 is 0 Å². The Morgan fingerprint density at radius 1 is 1.47 bits per heavy atom. The summed E-state index contributed by atoms with van der Waals surface area (Å²) in [6.07, 6.45) is 6.76. The molecule has 7 nitrogen and oxygen atoms in total. The van der Waals surface area contributed by atoms with E-state index in [4.69, 9.17) is 4.52 Å². The molecule has 2 heterocycles. The summed E-state index contributed by atoms with van der Waals surface area (Å²) in [5.74, 6) is 0.461. The average molecular weight is 262 g/mol. The lowest BCUT2D eigenvalue weighted by Crippen LogP contribution is -2.30. The molecule has 0 aliphatic heterocycles. The summed E-state index contributed by atoms with van der Waals surface area (Å²) >= 11 is 0. The molecular weight excluding hydrogens is 248 g/mol. The van der Waals surface area contributed by atoms with Crippen LogP contribution in [0.5, 0.6) is 0 Å². The number of aliphatic carboxylic acids is 1. The largest absolute Gasteiger partial charge is 0.481 e. The first-order valence-corrected chi connectivity index (χ1v) is 6.25. The second kappa shape index (κ2) is 4.49. The highest BCUT2D eigenvalue weighted by Gasteiger charge is 2.42. The van der Waals surface area contributed by atoms with Crippen molar-refractivity contribution in [3.05, 3.63) is 18.3 Å². The van der Waals surface area contributed by atoms with Gasteiger partial charge in [0.05, 0.1) is 5.41 Å². The molecule has 1 saturated carbocycles. The van der Waals surface area contributed by atoms with E-state index in [-0.39, 0.29) is 6.42 Å². The summed E-state index contributed by atoms with van der Waals surface area (Å²) in [7, 11) is 0. The monoisotopic (exact) mass is 262 g/mol. The number of rotatable bonds is 4. The van der Waals surface area contributed by atoms with Crippen LogP contribution < -0.4 is 0 Å². The third-order valence-corrected chi connectivity index (χ3v) is 3.68. The number of hydrogen-bond donors (Lipinski definition) is 2. The summed E-state index contributed by atoms with van der Waals surface area (Å²) in [5, 5.41) is 13.2. The van der Waals surface area contributed by atoms with Crippen LogP contribution in [-0.2, 0) is 11.2 Å². The van der Waals surface area contributed by atoms with Gasteiger partial charge in [-0.15, -0.1) is 0 Å². The standard InChI is InChI=1S/C12H14N4O3/c17-11(18)12(3-1-2-4-12)7-8-15-10(16-19-8)9-13-5-6-14-9/h5-6H,1-4,7H2,(H,13,14)(H,17,18). The maximum Gasteiger partial charge on any atom is 0.310 e. The Morgan fingerprint density at radius 2 is 2.26 bits per heavy atom. The lowest BCUT2D eigenvalue weighted by molar-refractivity contribution is -0.148. The van der Waals surface area contributed by atoms with Crippen molar-refractivity contribution >= 4 is 5.97 Å².